The first-order valence-corrected chi connectivity index (χ1v) is 12.0. The number of ether oxygens (including phenoxy) is 1. The van der Waals surface area contributed by atoms with Crippen molar-refractivity contribution < 1.29 is 13.2 Å². The minimum absolute atomic E-state index is 0.0504. The van der Waals surface area contributed by atoms with Gasteiger partial charge in [0.25, 0.3) is 5.56 Å². The molecule has 1 fully saturated rings. The number of sulfonamides is 1. The summed E-state index contributed by atoms with van der Waals surface area (Å²) in [6.45, 7) is 5.72. The summed E-state index contributed by atoms with van der Waals surface area (Å²) in [5.41, 5.74) is 1.45. The second kappa shape index (κ2) is 8.80. The smallest absolute Gasteiger partial charge is 0.261 e. The molecule has 0 atom stereocenters. The zero-order chi connectivity index (χ0) is 22.0. The third-order valence-electron chi connectivity index (χ3n) is 5.84. The Kier molecular flexibility index (Phi) is 6.11. The van der Waals surface area contributed by atoms with Gasteiger partial charge in [-0.3, -0.25) is 9.36 Å². The summed E-state index contributed by atoms with van der Waals surface area (Å²) >= 11 is 0. The van der Waals surface area contributed by atoms with Crippen molar-refractivity contribution in [2.75, 3.05) is 19.7 Å². The average Bonchev–Trinajstić information content (AvgIpc) is 2.78. The van der Waals surface area contributed by atoms with Crippen molar-refractivity contribution in [2.45, 2.75) is 38.1 Å². The minimum atomic E-state index is -3.55. The zero-order valence-electron chi connectivity index (χ0n) is 17.8. The number of hydrogen-bond donors (Lipinski definition) is 0. The molecule has 8 heteroatoms. The minimum Gasteiger partial charge on any atom is -0.494 e. The lowest BCUT2D eigenvalue weighted by atomic mass is 9.98. The summed E-state index contributed by atoms with van der Waals surface area (Å²) in [7, 11) is -3.55. The Bertz CT molecular complexity index is 1250. The first kappa shape index (κ1) is 21.5. The lowest BCUT2D eigenvalue weighted by Gasteiger charge is -2.31. The molecular formula is C23H27N3O4S. The van der Waals surface area contributed by atoms with E-state index in [9.17, 15) is 13.2 Å². The Hall–Kier alpha value is -2.71. The van der Waals surface area contributed by atoms with Gasteiger partial charge in [0.15, 0.2) is 0 Å². The van der Waals surface area contributed by atoms with Gasteiger partial charge in [0.1, 0.15) is 5.75 Å². The van der Waals surface area contributed by atoms with Crippen LogP contribution in [0.3, 0.4) is 0 Å². The topological polar surface area (TPSA) is 81.5 Å². The molecule has 0 aliphatic carbocycles. The lowest BCUT2D eigenvalue weighted by Crippen LogP contribution is -2.40. The van der Waals surface area contributed by atoms with Crippen molar-refractivity contribution in [1.29, 1.82) is 0 Å². The van der Waals surface area contributed by atoms with Crippen LogP contribution in [-0.2, 0) is 16.6 Å². The molecule has 7 nitrogen and oxygen atoms in total. The predicted molar refractivity (Wildman–Crippen MR) is 120 cm³/mol. The van der Waals surface area contributed by atoms with Crippen LogP contribution >= 0.6 is 0 Å². The van der Waals surface area contributed by atoms with Crippen molar-refractivity contribution in [3.8, 4) is 5.75 Å². The van der Waals surface area contributed by atoms with Crippen LogP contribution in [0, 0.1) is 12.8 Å². The average molecular weight is 442 g/mol. The second-order valence-corrected chi connectivity index (χ2v) is 9.86. The van der Waals surface area contributed by atoms with Gasteiger partial charge in [-0.2, -0.15) is 4.31 Å². The summed E-state index contributed by atoms with van der Waals surface area (Å²) in [6.07, 6.45) is 3.00. The third-order valence-corrected chi connectivity index (χ3v) is 7.74. The molecule has 0 bridgehead atoms. The zero-order valence-corrected chi connectivity index (χ0v) is 18.6. The molecule has 1 saturated heterocycles. The molecule has 31 heavy (non-hydrogen) atoms. The number of benzene rings is 2. The van der Waals surface area contributed by atoms with E-state index in [1.807, 2.05) is 32.0 Å². The van der Waals surface area contributed by atoms with Crippen LogP contribution in [0.25, 0.3) is 10.9 Å². The predicted octanol–water partition coefficient (Wildman–Crippen LogP) is 3.20. The largest absolute Gasteiger partial charge is 0.494 e. The van der Waals surface area contributed by atoms with Crippen LogP contribution in [0.4, 0.5) is 0 Å². The number of para-hydroxylation sites is 1. The van der Waals surface area contributed by atoms with E-state index in [-0.39, 0.29) is 11.5 Å². The van der Waals surface area contributed by atoms with Crippen molar-refractivity contribution in [1.82, 2.24) is 13.9 Å². The van der Waals surface area contributed by atoms with Gasteiger partial charge >= 0.3 is 0 Å². The molecule has 0 N–H and O–H groups in total. The summed E-state index contributed by atoms with van der Waals surface area (Å²) < 4.78 is 34.9. The molecule has 2 aromatic carbocycles. The highest BCUT2D eigenvalue weighted by Crippen LogP contribution is 2.27. The fourth-order valence-electron chi connectivity index (χ4n) is 4.10. The summed E-state index contributed by atoms with van der Waals surface area (Å²) in [4.78, 5) is 17.4. The van der Waals surface area contributed by atoms with Crippen LogP contribution in [0.1, 0.15) is 25.3 Å². The van der Waals surface area contributed by atoms with Crippen LogP contribution in [0.15, 0.2) is 58.5 Å². The van der Waals surface area contributed by atoms with E-state index in [0.29, 0.717) is 60.6 Å². The van der Waals surface area contributed by atoms with Crippen molar-refractivity contribution >= 4 is 20.9 Å². The highest BCUT2D eigenvalue weighted by Gasteiger charge is 2.30. The van der Waals surface area contributed by atoms with Gasteiger partial charge in [-0.1, -0.05) is 12.1 Å². The number of nitrogens with zero attached hydrogens (tertiary/aromatic N) is 3. The molecule has 0 amide bonds. The summed E-state index contributed by atoms with van der Waals surface area (Å²) in [5, 5.41) is 0.607. The van der Waals surface area contributed by atoms with E-state index >= 15 is 0 Å². The Balaban J connectivity index is 1.44. The Morgan fingerprint density at radius 1 is 1.13 bits per heavy atom. The Morgan fingerprint density at radius 3 is 2.58 bits per heavy atom. The standard InChI is InChI=1S/C23H27N3O4S/c1-3-30-22-9-8-19(14-17(22)2)31(28,29)26-12-10-18(11-13-26)15-25-16-24-21-7-5-4-6-20(21)23(25)27/h4-9,14,16,18H,3,10-13,15H2,1-2H3. The fraction of sp³-hybridized carbons (Fsp3) is 0.391. The number of fused-ring (bicyclic) bond motifs is 1. The molecule has 0 radical (unpaired) electrons. The van der Waals surface area contributed by atoms with Crippen molar-refractivity contribution in [2.24, 2.45) is 5.92 Å². The van der Waals surface area contributed by atoms with Gasteiger partial charge < -0.3 is 4.74 Å². The van der Waals surface area contributed by atoms with Crippen LogP contribution in [0.2, 0.25) is 0 Å². The molecule has 4 rings (SSSR count). The van der Waals surface area contributed by atoms with E-state index in [4.69, 9.17) is 4.74 Å². The highest BCUT2D eigenvalue weighted by molar-refractivity contribution is 7.89. The van der Waals surface area contributed by atoms with Crippen LogP contribution in [-0.4, -0.2) is 42.0 Å². The maximum atomic E-state index is 13.1. The lowest BCUT2D eigenvalue weighted by molar-refractivity contribution is 0.251. The van der Waals surface area contributed by atoms with E-state index < -0.39 is 10.0 Å². The maximum absolute atomic E-state index is 13.1. The molecule has 0 saturated carbocycles. The van der Waals surface area contributed by atoms with Gasteiger partial charge in [-0.05, 0) is 68.5 Å². The van der Waals surface area contributed by atoms with E-state index in [1.54, 1.807) is 39.5 Å². The summed E-state index contributed by atoms with van der Waals surface area (Å²) in [6, 6.07) is 12.3. The molecule has 0 unspecified atom stereocenters. The van der Waals surface area contributed by atoms with Gasteiger partial charge in [-0.15, -0.1) is 0 Å². The van der Waals surface area contributed by atoms with E-state index in [0.717, 1.165) is 5.56 Å². The van der Waals surface area contributed by atoms with Gasteiger partial charge in [0, 0.05) is 19.6 Å². The Labute approximate surface area is 182 Å². The van der Waals surface area contributed by atoms with E-state index in [1.165, 1.54) is 0 Å². The van der Waals surface area contributed by atoms with Gasteiger partial charge in [0.05, 0.1) is 28.7 Å². The maximum Gasteiger partial charge on any atom is 0.261 e. The molecular weight excluding hydrogens is 414 g/mol. The van der Waals surface area contributed by atoms with E-state index in [2.05, 4.69) is 4.98 Å². The number of aryl methyl sites for hydroxylation is 1. The van der Waals surface area contributed by atoms with Crippen LogP contribution in [0.5, 0.6) is 5.75 Å². The molecule has 1 aliphatic heterocycles. The number of hydrogen-bond acceptors (Lipinski definition) is 5. The van der Waals surface area contributed by atoms with Gasteiger partial charge in [0.2, 0.25) is 10.0 Å². The molecule has 1 aliphatic rings. The SMILES string of the molecule is CCOc1ccc(S(=O)(=O)N2CCC(Cn3cnc4ccccc4c3=O)CC2)cc1C. The first-order chi connectivity index (χ1) is 14.9. The molecule has 3 aromatic rings. The molecule has 1 aromatic heterocycles. The van der Waals surface area contributed by atoms with Gasteiger partial charge in [-0.25, -0.2) is 13.4 Å². The molecule has 0 spiro atoms. The Morgan fingerprint density at radius 2 is 1.87 bits per heavy atom. The first-order valence-electron chi connectivity index (χ1n) is 10.6. The van der Waals surface area contributed by atoms with Crippen molar-refractivity contribution in [3.63, 3.8) is 0 Å². The summed E-state index contributed by atoms with van der Waals surface area (Å²) in [5.74, 6) is 0.934. The fourth-order valence-corrected chi connectivity index (χ4v) is 5.65. The number of rotatable bonds is 6. The highest BCUT2D eigenvalue weighted by atomic mass is 32.2. The quantitative estimate of drug-likeness (QED) is 0.587. The molecule has 164 valence electrons. The second-order valence-electron chi connectivity index (χ2n) is 7.93. The number of aromatic nitrogens is 2. The molecule has 2 heterocycles. The third kappa shape index (κ3) is 4.36. The van der Waals surface area contributed by atoms with Crippen LogP contribution < -0.4 is 10.3 Å². The monoisotopic (exact) mass is 441 g/mol. The number of piperidine rings is 1. The normalized spacial score (nSPS) is 15.9. The van der Waals surface area contributed by atoms with Crippen molar-refractivity contribution in [3.05, 3.63) is 64.7 Å².